The smallest absolute Gasteiger partial charge is 0.251 e. The van der Waals surface area contributed by atoms with Gasteiger partial charge >= 0.3 is 0 Å². The van der Waals surface area contributed by atoms with E-state index in [4.69, 9.17) is 0 Å². The lowest BCUT2D eigenvalue weighted by molar-refractivity contribution is 0.0924. The van der Waals surface area contributed by atoms with E-state index in [1.54, 1.807) is 6.07 Å². The number of halogens is 1. The third-order valence-corrected chi connectivity index (χ3v) is 3.35. The second-order valence-corrected chi connectivity index (χ2v) is 5.13. The first-order valence-electron chi connectivity index (χ1n) is 6.34. The molecule has 0 aromatic heterocycles. The van der Waals surface area contributed by atoms with Crippen LogP contribution in [0.25, 0.3) is 0 Å². The molecule has 1 aliphatic heterocycles. The first kappa shape index (κ1) is 13.0. The molecule has 1 fully saturated rings. The summed E-state index contributed by atoms with van der Waals surface area (Å²) in [5.41, 5.74) is 1.22. The van der Waals surface area contributed by atoms with Gasteiger partial charge in [-0.2, -0.15) is 0 Å². The van der Waals surface area contributed by atoms with Gasteiger partial charge in [0, 0.05) is 18.2 Å². The fourth-order valence-corrected chi connectivity index (χ4v) is 2.37. The molecule has 18 heavy (non-hydrogen) atoms. The number of rotatable bonds is 2. The topological polar surface area (TPSA) is 41.1 Å². The van der Waals surface area contributed by atoms with Crippen molar-refractivity contribution in [3.05, 3.63) is 35.1 Å². The lowest BCUT2D eigenvalue weighted by atomic mass is 9.97. The van der Waals surface area contributed by atoms with Gasteiger partial charge in [-0.3, -0.25) is 4.79 Å². The molecule has 0 bridgehead atoms. The fraction of sp³-hybridized carbons (Fsp3) is 0.500. The van der Waals surface area contributed by atoms with E-state index in [1.165, 1.54) is 12.1 Å². The molecule has 0 spiro atoms. The number of carbonyl (C=O) groups is 1. The van der Waals surface area contributed by atoms with E-state index >= 15 is 0 Å². The standard InChI is InChI=1S/C14H19FN2O/c1-9-5-12(8-16-7-9)17-14(18)13-6-11(15)4-3-10(13)2/h3-4,6,9,12,16H,5,7-8H2,1-2H3,(H,17,18). The molecule has 2 atom stereocenters. The molecule has 1 heterocycles. The Hall–Kier alpha value is -1.42. The van der Waals surface area contributed by atoms with E-state index in [0.29, 0.717) is 11.5 Å². The Labute approximate surface area is 107 Å². The molecule has 0 radical (unpaired) electrons. The number of piperidine rings is 1. The summed E-state index contributed by atoms with van der Waals surface area (Å²) in [6, 6.07) is 4.43. The molecular weight excluding hydrogens is 231 g/mol. The molecule has 3 nitrogen and oxygen atoms in total. The number of benzene rings is 1. The maximum atomic E-state index is 13.2. The van der Waals surface area contributed by atoms with Gasteiger partial charge < -0.3 is 10.6 Å². The summed E-state index contributed by atoms with van der Waals surface area (Å²) in [5, 5.41) is 6.24. The Balaban J connectivity index is 2.05. The fourth-order valence-electron chi connectivity index (χ4n) is 2.37. The van der Waals surface area contributed by atoms with E-state index in [2.05, 4.69) is 17.6 Å². The third kappa shape index (κ3) is 3.07. The van der Waals surface area contributed by atoms with Gasteiger partial charge in [0.05, 0.1) is 0 Å². The second kappa shape index (κ2) is 5.48. The lowest BCUT2D eigenvalue weighted by Crippen LogP contribution is -2.48. The Morgan fingerprint density at radius 1 is 1.44 bits per heavy atom. The minimum atomic E-state index is -0.374. The average molecular weight is 250 g/mol. The highest BCUT2D eigenvalue weighted by Gasteiger charge is 2.21. The summed E-state index contributed by atoms with van der Waals surface area (Å²) in [5.74, 6) is -0.00792. The van der Waals surface area contributed by atoms with Crippen molar-refractivity contribution in [3.8, 4) is 0 Å². The van der Waals surface area contributed by atoms with E-state index in [9.17, 15) is 9.18 Å². The van der Waals surface area contributed by atoms with Crippen LogP contribution in [0.3, 0.4) is 0 Å². The maximum absolute atomic E-state index is 13.2. The van der Waals surface area contributed by atoms with Crippen LogP contribution in [-0.4, -0.2) is 25.0 Å². The number of amides is 1. The summed E-state index contributed by atoms with van der Waals surface area (Å²) >= 11 is 0. The zero-order valence-electron chi connectivity index (χ0n) is 10.8. The first-order valence-corrected chi connectivity index (χ1v) is 6.34. The van der Waals surface area contributed by atoms with Gasteiger partial charge in [0.25, 0.3) is 5.91 Å². The van der Waals surface area contributed by atoms with Crippen molar-refractivity contribution in [2.75, 3.05) is 13.1 Å². The van der Waals surface area contributed by atoms with E-state index < -0.39 is 0 Å². The second-order valence-electron chi connectivity index (χ2n) is 5.13. The monoisotopic (exact) mass is 250 g/mol. The summed E-state index contributed by atoms with van der Waals surface area (Å²) in [7, 11) is 0. The molecule has 2 rings (SSSR count). The Morgan fingerprint density at radius 2 is 2.22 bits per heavy atom. The van der Waals surface area contributed by atoms with Gasteiger partial charge in [-0.25, -0.2) is 4.39 Å². The zero-order valence-corrected chi connectivity index (χ0v) is 10.8. The molecule has 0 aliphatic carbocycles. The van der Waals surface area contributed by atoms with E-state index in [-0.39, 0.29) is 17.8 Å². The van der Waals surface area contributed by atoms with Crippen molar-refractivity contribution < 1.29 is 9.18 Å². The summed E-state index contributed by atoms with van der Waals surface area (Å²) in [6.07, 6.45) is 0.965. The van der Waals surface area contributed by atoms with Crippen LogP contribution in [0.5, 0.6) is 0 Å². The summed E-state index contributed by atoms with van der Waals surface area (Å²) in [4.78, 5) is 12.1. The molecule has 98 valence electrons. The Morgan fingerprint density at radius 3 is 2.94 bits per heavy atom. The van der Waals surface area contributed by atoms with Crippen LogP contribution in [0.1, 0.15) is 29.3 Å². The van der Waals surface area contributed by atoms with Crippen molar-refractivity contribution >= 4 is 5.91 Å². The molecular formula is C14H19FN2O. The minimum absolute atomic E-state index is 0.129. The van der Waals surface area contributed by atoms with Crippen LogP contribution in [-0.2, 0) is 0 Å². The van der Waals surface area contributed by atoms with Gasteiger partial charge in [-0.1, -0.05) is 13.0 Å². The van der Waals surface area contributed by atoms with Crippen molar-refractivity contribution in [1.29, 1.82) is 0 Å². The van der Waals surface area contributed by atoms with Crippen LogP contribution in [0.15, 0.2) is 18.2 Å². The van der Waals surface area contributed by atoms with Crippen LogP contribution in [0, 0.1) is 18.7 Å². The SMILES string of the molecule is Cc1ccc(F)cc1C(=O)NC1CNCC(C)C1. The molecule has 2 unspecified atom stereocenters. The molecule has 1 saturated heterocycles. The van der Waals surface area contributed by atoms with E-state index in [0.717, 1.165) is 25.1 Å². The molecule has 1 amide bonds. The predicted molar refractivity (Wildman–Crippen MR) is 69.0 cm³/mol. The molecule has 1 aromatic carbocycles. The Bertz CT molecular complexity index is 447. The van der Waals surface area contributed by atoms with Crippen molar-refractivity contribution in [2.24, 2.45) is 5.92 Å². The molecule has 0 saturated carbocycles. The number of aryl methyl sites for hydroxylation is 1. The van der Waals surface area contributed by atoms with E-state index in [1.807, 2.05) is 6.92 Å². The van der Waals surface area contributed by atoms with Crippen LogP contribution in [0.2, 0.25) is 0 Å². The quantitative estimate of drug-likeness (QED) is 0.841. The van der Waals surface area contributed by atoms with Crippen LogP contribution < -0.4 is 10.6 Å². The first-order chi connectivity index (χ1) is 8.56. The van der Waals surface area contributed by atoms with Gasteiger partial charge in [-0.05, 0) is 43.5 Å². The minimum Gasteiger partial charge on any atom is -0.348 e. The molecule has 1 aliphatic rings. The largest absolute Gasteiger partial charge is 0.348 e. The highest BCUT2D eigenvalue weighted by Crippen LogP contribution is 2.13. The number of nitrogens with one attached hydrogen (secondary N) is 2. The number of carbonyl (C=O) groups excluding carboxylic acids is 1. The predicted octanol–water partition coefficient (Wildman–Crippen LogP) is 1.86. The summed E-state index contributed by atoms with van der Waals surface area (Å²) < 4.78 is 13.2. The average Bonchev–Trinajstić information content (AvgIpc) is 2.32. The van der Waals surface area contributed by atoms with Gasteiger partial charge in [0.15, 0.2) is 0 Å². The normalized spacial score (nSPS) is 23.7. The lowest BCUT2D eigenvalue weighted by Gasteiger charge is -2.28. The van der Waals surface area contributed by atoms with Crippen molar-refractivity contribution in [1.82, 2.24) is 10.6 Å². The van der Waals surface area contributed by atoms with Crippen molar-refractivity contribution in [3.63, 3.8) is 0 Å². The number of hydrogen-bond donors (Lipinski definition) is 2. The highest BCUT2D eigenvalue weighted by molar-refractivity contribution is 5.95. The molecule has 4 heteroatoms. The van der Waals surface area contributed by atoms with Gasteiger partial charge in [-0.15, -0.1) is 0 Å². The highest BCUT2D eigenvalue weighted by atomic mass is 19.1. The van der Waals surface area contributed by atoms with Crippen LogP contribution in [0.4, 0.5) is 4.39 Å². The Kier molecular flexibility index (Phi) is 3.97. The maximum Gasteiger partial charge on any atom is 0.251 e. The van der Waals surface area contributed by atoms with Gasteiger partial charge in [0.1, 0.15) is 5.82 Å². The number of hydrogen-bond acceptors (Lipinski definition) is 2. The summed E-state index contributed by atoms with van der Waals surface area (Å²) in [6.45, 7) is 5.74. The van der Waals surface area contributed by atoms with Crippen LogP contribution >= 0.6 is 0 Å². The zero-order chi connectivity index (χ0) is 13.1. The van der Waals surface area contributed by atoms with Gasteiger partial charge in [0.2, 0.25) is 0 Å². The molecule has 1 aromatic rings. The third-order valence-electron chi connectivity index (χ3n) is 3.35. The molecule has 2 N–H and O–H groups in total. The van der Waals surface area contributed by atoms with Crippen molar-refractivity contribution in [2.45, 2.75) is 26.3 Å².